The third-order valence-corrected chi connectivity index (χ3v) is 9.19. The Morgan fingerprint density at radius 1 is 1.12 bits per heavy atom. The van der Waals surface area contributed by atoms with E-state index >= 15 is 0 Å². The second-order valence-electron chi connectivity index (χ2n) is 9.14. The number of rotatable bonds is 5. The second-order valence-corrected chi connectivity index (χ2v) is 15.2. The number of hydrogen-bond acceptors (Lipinski definition) is 1. The molecule has 0 spiro atoms. The molecule has 2 aliphatic carbocycles. The van der Waals surface area contributed by atoms with Crippen LogP contribution < -0.4 is 0 Å². The molecule has 1 fully saturated rings. The van der Waals surface area contributed by atoms with Crippen LogP contribution in [0.1, 0.15) is 76.0 Å². The Morgan fingerprint density at radius 3 is 2.48 bits per heavy atom. The molecule has 1 saturated carbocycles. The minimum absolute atomic E-state index is 0.129. The van der Waals surface area contributed by atoms with Crippen LogP contribution in [0.15, 0.2) is 30.3 Å². The number of halogens is 1. The van der Waals surface area contributed by atoms with Crippen LogP contribution in [0.2, 0.25) is 6.55 Å². The Kier molecular flexibility index (Phi) is 5.82. The number of ether oxygens (including phenoxy) is 1. The van der Waals surface area contributed by atoms with Crippen LogP contribution >= 0.6 is 11.1 Å². The van der Waals surface area contributed by atoms with Gasteiger partial charge in [0.05, 0.1) is 11.8 Å². The van der Waals surface area contributed by atoms with Gasteiger partial charge in [-0.2, -0.15) is 11.1 Å². The van der Waals surface area contributed by atoms with E-state index in [1.54, 1.807) is 5.57 Å². The molecule has 0 bridgehead atoms. The van der Waals surface area contributed by atoms with Crippen molar-refractivity contribution in [2.75, 3.05) is 6.23 Å². The summed E-state index contributed by atoms with van der Waals surface area (Å²) in [5, 5.41) is 0. The number of benzene rings is 1. The highest BCUT2D eigenvalue weighted by Gasteiger charge is 2.41. The van der Waals surface area contributed by atoms with Gasteiger partial charge in [-0.05, 0) is 49.8 Å². The van der Waals surface area contributed by atoms with Gasteiger partial charge in [-0.25, -0.2) is 0 Å². The topological polar surface area (TPSA) is 9.23 Å². The third-order valence-electron chi connectivity index (χ3n) is 5.68. The maximum atomic E-state index is 7.15. The van der Waals surface area contributed by atoms with E-state index in [0.717, 1.165) is 5.92 Å². The van der Waals surface area contributed by atoms with Gasteiger partial charge in [0.25, 0.3) is 0 Å². The first-order chi connectivity index (χ1) is 11.8. The molecule has 1 aromatic rings. The van der Waals surface area contributed by atoms with Crippen molar-refractivity contribution in [3.63, 3.8) is 0 Å². The quantitative estimate of drug-likeness (QED) is 0.403. The van der Waals surface area contributed by atoms with Crippen molar-refractivity contribution in [1.29, 1.82) is 0 Å². The molecule has 2 atom stereocenters. The summed E-state index contributed by atoms with van der Waals surface area (Å²) in [6.45, 7) is 8.60. The van der Waals surface area contributed by atoms with Gasteiger partial charge in [-0.15, -0.1) is 0 Å². The lowest BCUT2D eigenvalue weighted by molar-refractivity contribution is 0.0225. The van der Waals surface area contributed by atoms with Gasteiger partial charge < -0.3 is 4.74 Å². The molecule has 0 amide bonds. The van der Waals surface area contributed by atoms with E-state index < -0.39 is 7.38 Å². The Labute approximate surface area is 159 Å². The highest BCUT2D eigenvalue weighted by Crippen LogP contribution is 2.46. The molecule has 0 N–H and O–H groups in total. The number of fused-ring (bicyclic) bond motifs is 1. The molecule has 0 heterocycles. The van der Waals surface area contributed by atoms with Gasteiger partial charge in [-0.1, -0.05) is 69.0 Å². The number of hydrogen-bond donors (Lipinski definition) is 0. The Bertz CT molecular complexity index is 623. The molecule has 2 unspecified atom stereocenters. The van der Waals surface area contributed by atoms with Gasteiger partial charge in [0.1, 0.15) is 0 Å². The zero-order valence-corrected chi connectivity index (χ0v) is 18.0. The van der Waals surface area contributed by atoms with Gasteiger partial charge in [0.2, 0.25) is 0 Å². The summed E-state index contributed by atoms with van der Waals surface area (Å²) in [4.78, 5) is 0. The van der Waals surface area contributed by atoms with Gasteiger partial charge >= 0.3 is 0 Å². The Morgan fingerprint density at radius 2 is 1.80 bits per heavy atom. The monoisotopic (exact) mass is 376 g/mol. The van der Waals surface area contributed by atoms with Crippen molar-refractivity contribution in [2.45, 2.75) is 77.0 Å². The van der Waals surface area contributed by atoms with Crippen molar-refractivity contribution >= 4 is 24.0 Å². The average molecular weight is 377 g/mol. The molecule has 3 rings (SSSR count). The zero-order chi connectivity index (χ0) is 18.1. The first kappa shape index (κ1) is 19.2. The fourth-order valence-corrected chi connectivity index (χ4v) is 7.32. The molecule has 0 aromatic heterocycles. The molecule has 138 valence electrons. The molecule has 0 aliphatic heterocycles. The van der Waals surface area contributed by atoms with Crippen LogP contribution in [0.5, 0.6) is 0 Å². The Hall–Kier alpha value is -0.573. The van der Waals surface area contributed by atoms with E-state index in [1.165, 1.54) is 49.7 Å². The van der Waals surface area contributed by atoms with Crippen LogP contribution in [0, 0.1) is 5.92 Å². The van der Waals surface area contributed by atoms with E-state index in [0.29, 0.717) is 11.8 Å². The minimum Gasteiger partial charge on any atom is -0.378 e. The van der Waals surface area contributed by atoms with E-state index in [1.807, 2.05) is 0 Å². The normalized spacial score (nSPS) is 23.9. The van der Waals surface area contributed by atoms with Crippen LogP contribution in [-0.4, -0.2) is 19.2 Å². The SMILES string of the molecule is CC(C)(C)OC[Si](C)(Cl)C1C=C(CC2CCCCC2)c2ccccc21. The largest absolute Gasteiger partial charge is 0.378 e. The predicted molar refractivity (Wildman–Crippen MR) is 112 cm³/mol. The van der Waals surface area contributed by atoms with Crippen molar-refractivity contribution in [3.8, 4) is 0 Å². The molecular weight excluding hydrogens is 344 g/mol. The van der Waals surface area contributed by atoms with E-state index in [9.17, 15) is 0 Å². The van der Waals surface area contributed by atoms with Crippen molar-refractivity contribution in [1.82, 2.24) is 0 Å². The minimum atomic E-state index is -2.07. The summed E-state index contributed by atoms with van der Waals surface area (Å²) in [5.41, 5.74) is 4.67. The van der Waals surface area contributed by atoms with E-state index in [4.69, 9.17) is 15.8 Å². The van der Waals surface area contributed by atoms with Gasteiger partial charge in [0, 0.05) is 5.54 Å². The zero-order valence-electron chi connectivity index (χ0n) is 16.3. The first-order valence-corrected chi connectivity index (χ1v) is 13.7. The lowest BCUT2D eigenvalue weighted by Crippen LogP contribution is -2.40. The maximum absolute atomic E-state index is 7.15. The van der Waals surface area contributed by atoms with E-state index in [-0.39, 0.29) is 5.60 Å². The number of allylic oxidation sites excluding steroid dienone is 2. The fourth-order valence-electron chi connectivity index (χ4n) is 4.27. The standard InChI is InChI=1S/C22H33ClOSi/c1-22(2,3)24-16-25(4,23)21-15-18(14-17-10-6-5-7-11-17)19-12-8-9-13-20(19)21/h8-9,12-13,15,17,21H,5-7,10-11,14,16H2,1-4H3. The molecule has 2 aliphatic rings. The summed E-state index contributed by atoms with van der Waals surface area (Å²) in [6.07, 6.45) is 11.5. The summed E-state index contributed by atoms with van der Waals surface area (Å²) in [5.74, 6) is 0.862. The highest BCUT2D eigenvalue weighted by molar-refractivity contribution is 7.20. The highest BCUT2D eigenvalue weighted by atomic mass is 35.6. The molecule has 25 heavy (non-hydrogen) atoms. The van der Waals surface area contributed by atoms with Crippen molar-refractivity contribution < 1.29 is 4.74 Å². The second kappa shape index (κ2) is 7.58. The summed E-state index contributed by atoms with van der Waals surface area (Å²) < 4.78 is 6.11. The van der Waals surface area contributed by atoms with Crippen molar-refractivity contribution in [2.24, 2.45) is 5.92 Å². The van der Waals surface area contributed by atoms with Gasteiger partial charge in [0.15, 0.2) is 7.38 Å². The molecule has 3 heteroatoms. The first-order valence-electron chi connectivity index (χ1n) is 9.89. The molecule has 1 nitrogen and oxygen atoms in total. The lowest BCUT2D eigenvalue weighted by atomic mass is 9.84. The van der Waals surface area contributed by atoms with Crippen LogP contribution in [-0.2, 0) is 4.74 Å². The Balaban J connectivity index is 1.81. The summed E-state index contributed by atoms with van der Waals surface area (Å²) in [7, 11) is -2.07. The molecule has 1 aromatic carbocycles. The molecule has 0 saturated heterocycles. The smallest absolute Gasteiger partial charge is 0.190 e. The van der Waals surface area contributed by atoms with Crippen LogP contribution in [0.4, 0.5) is 0 Å². The predicted octanol–water partition coefficient (Wildman–Crippen LogP) is 6.85. The molecule has 0 radical (unpaired) electrons. The van der Waals surface area contributed by atoms with E-state index in [2.05, 4.69) is 57.7 Å². The van der Waals surface area contributed by atoms with Crippen LogP contribution in [0.3, 0.4) is 0 Å². The fraction of sp³-hybridized carbons (Fsp3) is 0.636. The van der Waals surface area contributed by atoms with Crippen molar-refractivity contribution in [3.05, 3.63) is 41.5 Å². The third kappa shape index (κ3) is 4.78. The van der Waals surface area contributed by atoms with Gasteiger partial charge in [-0.3, -0.25) is 0 Å². The van der Waals surface area contributed by atoms with Crippen LogP contribution in [0.25, 0.3) is 5.57 Å². The average Bonchev–Trinajstić information content (AvgIpc) is 2.93. The maximum Gasteiger partial charge on any atom is 0.190 e. The summed E-state index contributed by atoms with van der Waals surface area (Å²) in [6, 6.07) is 8.93. The lowest BCUT2D eigenvalue weighted by Gasteiger charge is -2.30. The summed E-state index contributed by atoms with van der Waals surface area (Å²) >= 11 is 7.15. The molecular formula is C22H33ClOSi.